The third-order valence-electron chi connectivity index (χ3n) is 3.52. The summed E-state index contributed by atoms with van der Waals surface area (Å²) in [4.78, 5) is 16.1. The highest BCUT2D eigenvalue weighted by Crippen LogP contribution is 2.28. The minimum absolute atomic E-state index is 0.0706. The van der Waals surface area contributed by atoms with Gasteiger partial charge in [-0.25, -0.2) is 4.79 Å². The molecular weight excluding hydrogens is 274 g/mol. The van der Waals surface area contributed by atoms with Crippen LogP contribution in [0.4, 0.5) is 0 Å². The van der Waals surface area contributed by atoms with E-state index in [1.807, 2.05) is 19.1 Å². The Morgan fingerprint density at radius 3 is 2.64 bits per heavy atom. The van der Waals surface area contributed by atoms with Gasteiger partial charge in [0.25, 0.3) is 0 Å². The largest absolute Gasteiger partial charge is 0.463 e. The minimum atomic E-state index is -0.322. The molecule has 0 aliphatic carbocycles. The number of nitrogens with zero attached hydrogens (tertiary/aromatic N) is 1. The molecule has 0 aliphatic heterocycles. The smallest absolute Gasteiger partial charge is 0.330 e. The Bertz CT molecular complexity index is 724. The molecule has 0 N–H and O–H groups in total. The lowest BCUT2D eigenvalue weighted by molar-refractivity contribution is -0.137. The van der Waals surface area contributed by atoms with Gasteiger partial charge >= 0.3 is 5.97 Å². The Kier molecular flexibility index (Phi) is 4.65. The first kappa shape index (κ1) is 16.2. The zero-order valence-electron chi connectivity index (χ0n) is 13.9. The molecule has 0 fully saturated rings. The number of aromatic nitrogens is 1. The van der Waals surface area contributed by atoms with Gasteiger partial charge in [-0.05, 0) is 54.7 Å². The lowest BCUT2D eigenvalue weighted by atomic mass is 9.86. The molecule has 3 nitrogen and oxygen atoms in total. The number of fused-ring (bicyclic) bond motifs is 1. The van der Waals surface area contributed by atoms with E-state index in [9.17, 15) is 4.79 Å². The Balaban J connectivity index is 2.54. The first-order valence-corrected chi connectivity index (χ1v) is 7.58. The molecule has 0 bridgehead atoms. The van der Waals surface area contributed by atoms with Crippen molar-refractivity contribution < 1.29 is 9.53 Å². The van der Waals surface area contributed by atoms with E-state index in [2.05, 4.69) is 37.9 Å². The molecule has 0 saturated heterocycles. The molecule has 3 heteroatoms. The van der Waals surface area contributed by atoms with Crippen molar-refractivity contribution in [2.45, 2.75) is 40.0 Å². The molecule has 0 spiro atoms. The molecule has 0 saturated carbocycles. The van der Waals surface area contributed by atoms with E-state index in [4.69, 9.17) is 4.74 Å². The lowest BCUT2D eigenvalue weighted by Crippen LogP contribution is -2.10. The predicted octanol–water partition coefficient (Wildman–Crippen LogP) is 4.42. The molecule has 116 valence electrons. The van der Waals surface area contributed by atoms with Crippen LogP contribution < -0.4 is 0 Å². The van der Waals surface area contributed by atoms with E-state index in [0.29, 0.717) is 6.61 Å². The van der Waals surface area contributed by atoms with Gasteiger partial charge in [-0.2, -0.15) is 0 Å². The van der Waals surface area contributed by atoms with Crippen molar-refractivity contribution in [1.82, 2.24) is 4.98 Å². The standard InChI is InChI=1S/C19H23NO2/c1-6-22-18(21)10-7-14-11-13(2)20-17-9-8-15(12-16(14)17)19(3,4)5/h7-12H,6H2,1-5H3/b10-7+. The maximum atomic E-state index is 11.5. The second kappa shape index (κ2) is 6.30. The fourth-order valence-electron chi connectivity index (χ4n) is 2.34. The molecule has 1 heterocycles. The van der Waals surface area contributed by atoms with Gasteiger partial charge in [0.2, 0.25) is 0 Å². The molecule has 22 heavy (non-hydrogen) atoms. The maximum absolute atomic E-state index is 11.5. The van der Waals surface area contributed by atoms with Crippen molar-refractivity contribution in [3.63, 3.8) is 0 Å². The summed E-state index contributed by atoms with van der Waals surface area (Å²) in [5.74, 6) is -0.322. The number of ether oxygens (including phenoxy) is 1. The molecule has 0 amide bonds. The van der Waals surface area contributed by atoms with Crippen molar-refractivity contribution in [2.75, 3.05) is 6.61 Å². The Labute approximate surface area is 132 Å². The number of esters is 1. The first-order chi connectivity index (χ1) is 10.3. The van der Waals surface area contributed by atoms with E-state index >= 15 is 0 Å². The van der Waals surface area contributed by atoms with Crippen LogP contribution in [-0.2, 0) is 14.9 Å². The molecular formula is C19H23NO2. The molecule has 2 rings (SSSR count). The molecule has 1 aromatic heterocycles. The van der Waals surface area contributed by atoms with Crippen LogP contribution in [0.5, 0.6) is 0 Å². The van der Waals surface area contributed by atoms with E-state index in [0.717, 1.165) is 22.2 Å². The number of rotatable bonds is 3. The van der Waals surface area contributed by atoms with E-state index in [-0.39, 0.29) is 11.4 Å². The van der Waals surface area contributed by atoms with Gasteiger partial charge in [0.1, 0.15) is 0 Å². The number of hydrogen-bond donors (Lipinski definition) is 0. The lowest BCUT2D eigenvalue weighted by Gasteiger charge is -2.19. The van der Waals surface area contributed by atoms with Gasteiger partial charge in [-0.15, -0.1) is 0 Å². The van der Waals surface area contributed by atoms with Crippen LogP contribution >= 0.6 is 0 Å². The summed E-state index contributed by atoms with van der Waals surface area (Å²) in [6.45, 7) is 10.7. The van der Waals surface area contributed by atoms with Gasteiger partial charge in [0, 0.05) is 17.2 Å². The average Bonchev–Trinajstić information content (AvgIpc) is 2.43. The first-order valence-electron chi connectivity index (χ1n) is 7.58. The predicted molar refractivity (Wildman–Crippen MR) is 90.8 cm³/mol. The molecule has 0 unspecified atom stereocenters. The minimum Gasteiger partial charge on any atom is -0.463 e. The van der Waals surface area contributed by atoms with Crippen LogP contribution in [0.2, 0.25) is 0 Å². The van der Waals surface area contributed by atoms with E-state index in [1.165, 1.54) is 11.6 Å². The molecule has 0 radical (unpaired) electrons. The number of benzene rings is 1. The van der Waals surface area contributed by atoms with Crippen LogP contribution in [0, 0.1) is 6.92 Å². The van der Waals surface area contributed by atoms with Crippen molar-refractivity contribution >= 4 is 22.9 Å². The third kappa shape index (κ3) is 3.73. The monoisotopic (exact) mass is 297 g/mol. The van der Waals surface area contributed by atoms with Gasteiger partial charge in [-0.3, -0.25) is 4.98 Å². The quantitative estimate of drug-likeness (QED) is 0.622. The summed E-state index contributed by atoms with van der Waals surface area (Å²) in [6, 6.07) is 8.31. The second-order valence-electron chi connectivity index (χ2n) is 6.42. The third-order valence-corrected chi connectivity index (χ3v) is 3.52. The normalized spacial score (nSPS) is 12.0. The van der Waals surface area contributed by atoms with Crippen LogP contribution in [-0.4, -0.2) is 17.6 Å². The topological polar surface area (TPSA) is 39.2 Å². The summed E-state index contributed by atoms with van der Waals surface area (Å²) in [5.41, 5.74) is 4.18. The van der Waals surface area contributed by atoms with Crippen LogP contribution in [0.3, 0.4) is 0 Å². The number of hydrogen-bond acceptors (Lipinski definition) is 3. The number of aryl methyl sites for hydroxylation is 1. The summed E-state index contributed by atoms with van der Waals surface area (Å²) < 4.78 is 4.94. The highest BCUT2D eigenvalue weighted by molar-refractivity contribution is 5.93. The van der Waals surface area contributed by atoms with E-state index < -0.39 is 0 Å². The van der Waals surface area contributed by atoms with Gasteiger partial charge in [0.05, 0.1) is 12.1 Å². The SMILES string of the molecule is CCOC(=O)/C=C/c1cc(C)nc2ccc(C(C)(C)C)cc12. The van der Waals surface area contributed by atoms with Crippen molar-refractivity contribution in [2.24, 2.45) is 0 Å². The zero-order chi connectivity index (χ0) is 16.3. The highest BCUT2D eigenvalue weighted by atomic mass is 16.5. The van der Waals surface area contributed by atoms with Gasteiger partial charge in [0.15, 0.2) is 0 Å². The van der Waals surface area contributed by atoms with Crippen molar-refractivity contribution in [3.8, 4) is 0 Å². The van der Waals surface area contributed by atoms with E-state index in [1.54, 1.807) is 13.0 Å². The molecule has 0 atom stereocenters. The molecule has 0 aliphatic rings. The van der Waals surface area contributed by atoms with Gasteiger partial charge in [-0.1, -0.05) is 26.8 Å². The van der Waals surface area contributed by atoms with Crippen molar-refractivity contribution in [1.29, 1.82) is 0 Å². The summed E-state index contributed by atoms with van der Waals surface area (Å²) in [5, 5.41) is 1.05. The Morgan fingerprint density at radius 1 is 1.27 bits per heavy atom. The fraction of sp³-hybridized carbons (Fsp3) is 0.368. The van der Waals surface area contributed by atoms with Crippen LogP contribution in [0.25, 0.3) is 17.0 Å². The summed E-state index contributed by atoms with van der Waals surface area (Å²) in [6.07, 6.45) is 3.28. The second-order valence-corrected chi connectivity index (χ2v) is 6.42. The summed E-state index contributed by atoms with van der Waals surface area (Å²) >= 11 is 0. The fourth-order valence-corrected chi connectivity index (χ4v) is 2.34. The van der Waals surface area contributed by atoms with Crippen LogP contribution in [0.15, 0.2) is 30.3 Å². The summed E-state index contributed by atoms with van der Waals surface area (Å²) in [7, 11) is 0. The maximum Gasteiger partial charge on any atom is 0.330 e. The zero-order valence-corrected chi connectivity index (χ0v) is 13.9. The number of pyridine rings is 1. The van der Waals surface area contributed by atoms with Crippen molar-refractivity contribution in [3.05, 3.63) is 47.2 Å². The average molecular weight is 297 g/mol. The van der Waals surface area contributed by atoms with Gasteiger partial charge < -0.3 is 4.74 Å². The number of carbonyl (C=O) groups is 1. The molecule has 1 aromatic carbocycles. The highest BCUT2D eigenvalue weighted by Gasteiger charge is 2.15. The Morgan fingerprint density at radius 2 is 2.00 bits per heavy atom. The number of carbonyl (C=O) groups excluding carboxylic acids is 1. The van der Waals surface area contributed by atoms with Crippen LogP contribution in [0.1, 0.15) is 44.5 Å². The molecule has 2 aromatic rings. The Hall–Kier alpha value is -2.16.